The minimum Gasteiger partial charge on any atom is -0.375 e. The van der Waals surface area contributed by atoms with Gasteiger partial charge in [0.1, 0.15) is 0 Å². The second kappa shape index (κ2) is 3.64. The Kier molecular flexibility index (Phi) is 2.51. The van der Waals surface area contributed by atoms with E-state index in [9.17, 15) is 0 Å². The summed E-state index contributed by atoms with van der Waals surface area (Å²) in [6.45, 7) is 3.07. The molecule has 4 heteroatoms. The molecule has 1 saturated carbocycles. The third kappa shape index (κ3) is 2.19. The van der Waals surface area contributed by atoms with Crippen molar-refractivity contribution in [2.45, 2.75) is 38.8 Å². The highest BCUT2D eigenvalue weighted by Gasteiger charge is 2.21. The normalized spacial score (nSPS) is 16.4. The summed E-state index contributed by atoms with van der Waals surface area (Å²) in [7, 11) is 0. The van der Waals surface area contributed by atoms with Crippen molar-refractivity contribution in [2.24, 2.45) is 0 Å². The van der Waals surface area contributed by atoms with Crippen LogP contribution < -0.4 is 11.1 Å². The largest absolute Gasteiger partial charge is 0.375 e. The predicted octanol–water partition coefficient (Wildman–Crippen LogP) is 1.54. The lowest BCUT2D eigenvalue weighted by Crippen LogP contribution is -2.15. The summed E-state index contributed by atoms with van der Waals surface area (Å²) in [4.78, 5) is 5.60. The lowest BCUT2D eigenvalue weighted by Gasteiger charge is -2.00. The Morgan fingerprint density at radius 2 is 2.38 bits per heavy atom. The first-order valence-corrected chi connectivity index (χ1v) is 5.58. The van der Waals surface area contributed by atoms with Crippen LogP contribution in [-0.2, 0) is 13.0 Å². The zero-order chi connectivity index (χ0) is 9.26. The smallest absolute Gasteiger partial charge is 0.180 e. The quantitative estimate of drug-likeness (QED) is 0.770. The van der Waals surface area contributed by atoms with E-state index in [1.54, 1.807) is 11.3 Å². The molecular weight excluding hydrogens is 182 g/mol. The molecule has 1 aromatic heterocycles. The number of nitrogens with two attached hydrogens (primary N) is 1. The summed E-state index contributed by atoms with van der Waals surface area (Å²) in [6, 6.07) is 0.757. The van der Waals surface area contributed by atoms with Gasteiger partial charge in [-0.3, -0.25) is 0 Å². The van der Waals surface area contributed by atoms with E-state index in [4.69, 9.17) is 5.73 Å². The molecule has 1 aromatic rings. The summed E-state index contributed by atoms with van der Waals surface area (Å²) in [5.74, 6) is 0. The summed E-state index contributed by atoms with van der Waals surface area (Å²) in [5.41, 5.74) is 6.82. The molecule has 0 unspecified atom stereocenters. The fourth-order valence-corrected chi connectivity index (χ4v) is 2.21. The number of hydrogen-bond acceptors (Lipinski definition) is 4. The topological polar surface area (TPSA) is 50.9 Å². The zero-order valence-corrected chi connectivity index (χ0v) is 8.66. The molecule has 3 N–H and O–H groups in total. The molecule has 0 atom stereocenters. The first-order valence-electron chi connectivity index (χ1n) is 4.77. The molecule has 13 heavy (non-hydrogen) atoms. The average Bonchev–Trinajstić information content (AvgIpc) is 2.87. The van der Waals surface area contributed by atoms with Crippen molar-refractivity contribution in [1.82, 2.24) is 10.3 Å². The Morgan fingerprint density at radius 1 is 1.62 bits per heavy atom. The van der Waals surface area contributed by atoms with E-state index in [2.05, 4.69) is 17.2 Å². The van der Waals surface area contributed by atoms with Gasteiger partial charge in [-0.1, -0.05) is 6.92 Å². The molecule has 72 valence electrons. The van der Waals surface area contributed by atoms with Crippen LogP contribution in [0.15, 0.2) is 0 Å². The van der Waals surface area contributed by atoms with Crippen LogP contribution in [0.4, 0.5) is 5.13 Å². The van der Waals surface area contributed by atoms with Gasteiger partial charge in [-0.2, -0.15) is 0 Å². The van der Waals surface area contributed by atoms with Gasteiger partial charge in [-0.15, -0.1) is 11.3 Å². The minimum atomic E-state index is 0.699. The zero-order valence-electron chi connectivity index (χ0n) is 7.84. The number of rotatable bonds is 4. The predicted molar refractivity (Wildman–Crippen MR) is 55.8 cm³/mol. The summed E-state index contributed by atoms with van der Waals surface area (Å²) >= 11 is 1.61. The molecule has 0 radical (unpaired) electrons. The van der Waals surface area contributed by atoms with Crippen LogP contribution in [0.5, 0.6) is 0 Å². The second-order valence-electron chi connectivity index (χ2n) is 3.43. The van der Waals surface area contributed by atoms with Crippen molar-refractivity contribution < 1.29 is 0 Å². The van der Waals surface area contributed by atoms with Crippen molar-refractivity contribution >= 4 is 16.5 Å². The minimum absolute atomic E-state index is 0.699. The van der Waals surface area contributed by atoms with Gasteiger partial charge in [0.2, 0.25) is 0 Å². The molecule has 0 aliphatic heterocycles. The molecule has 1 aliphatic rings. The fraction of sp³-hybridized carbons (Fsp3) is 0.667. The highest BCUT2D eigenvalue weighted by atomic mass is 32.1. The third-order valence-electron chi connectivity index (χ3n) is 2.26. The fourth-order valence-electron chi connectivity index (χ4n) is 1.34. The van der Waals surface area contributed by atoms with Gasteiger partial charge in [0.15, 0.2) is 5.13 Å². The lowest BCUT2D eigenvalue weighted by molar-refractivity contribution is 0.689. The number of aromatic nitrogens is 1. The molecule has 0 bridgehead atoms. The molecule has 1 fully saturated rings. The highest BCUT2D eigenvalue weighted by molar-refractivity contribution is 7.15. The maximum atomic E-state index is 5.66. The van der Waals surface area contributed by atoms with E-state index in [0.29, 0.717) is 5.13 Å². The van der Waals surface area contributed by atoms with Crippen LogP contribution in [0.3, 0.4) is 0 Å². The first-order chi connectivity index (χ1) is 6.29. The van der Waals surface area contributed by atoms with Crippen LogP contribution in [0, 0.1) is 0 Å². The van der Waals surface area contributed by atoms with Crippen LogP contribution in [0.1, 0.15) is 30.3 Å². The number of hydrogen-bond donors (Lipinski definition) is 2. The van der Waals surface area contributed by atoms with Crippen molar-refractivity contribution in [3.8, 4) is 0 Å². The summed E-state index contributed by atoms with van der Waals surface area (Å²) in [5, 5.41) is 4.17. The van der Waals surface area contributed by atoms with E-state index in [-0.39, 0.29) is 0 Å². The number of thiazole rings is 1. The highest BCUT2D eigenvalue weighted by Crippen LogP contribution is 2.24. The van der Waals surface area contributed by atoms with E-state index in [0.717, 1.165) is 24.7 Å². The Bertz CT molecular complexity index is 291. The van der Waals surface area contributed by atoms with Gasteiger partial charge in [0.05, 0.1) is 5.69 Å². The van der Waals surface area contributed by atoms with Crippen LogP contribution in [-0.4, -0.2) is 11.0 Å². The average molecular weight is 197 g/mol. The van der Waals surface area contributed by atoms with Gasteiger partial charge in [-0.05, 0) is 19.3 Å². The first kappa shape index (κ1) is 8.97. The van der Waals surface area contributed by atoms with E-state index >= 15 is 0 Å². The summed E-state index contributed by atoms with van der Waals surface area (Å²) < 4.78 is 0. The molecule has 0 spiro atoms. The molecule has 2 rings (SSSR count). The Labute approximate surface area is 82.4 Å². The van der Waals surface area contributed by atoms with Crippen LogP contribution >= 0.6 is 11.3 Å². The summed E-state index contributed by atoms with van der Waals surface area (Å²) in [6.07, 6.45) is 3.64. The van der Waals surface area contributed by atoms with Gasteiger partial charge in [-0.25, -0.2) is 4.98 Å². The van der Waals surface area contributed by atoms with Crippen molar-refractivity contribution in [3.05, 3.63) is 10.6 Å². The Balaban J connectivity index is 1.99. The van der Waals surface area contributed by atoms with Crippen molar-refractivity contribution in [2.75, 3.05) is 5.73 Å². The maximum absolute atomic E-state index is 5.66. The van der Waals surface area contributed by atoms with E-state index in [1.807, 2.05) is 0 Å². The van der Waals surface area contributed by atoms with Gasteiger partial charge >= 0.3 is 0 Å². The van der Waals surface area contributed by atoms with Crippen molar-refractivity contribution in [3.63, 3.8) is 0 Å². The number of anilines is 1. The Hall–Kier alpha value is -0.610. The number of nitrogens with one attached hydrogen (secondary N) is 1. The van der Waals surface area contributed by atoms with E-state index in [1.165, 1.54) is 17.7 Å². The maximum Gasteiger partial charge on any atom is 0.180 e. The van der Waals surface area contributed by atoms with Gasteiger partial charge < -0.3 is 11.1 Å². The number of nitrogen functional groups attached to an aromatic ring is 1. The number of nitrogens with zero attached hydrogens (tertiary/aromatic N) is 1. The van der Waals surface area contributed by atoms with Gasteiger partial charge in [0, 0.05) is 17.5 Å². The molecule has 3 nitrogen and oxygen atoms in total. The Morgan fingerprint density at radius 3 is 3.00 bits per heavy atom. The molecule has 0 aromatic carbocycles. The van der Waals surface area contributed by atoms with Gasteiger partial charge in [0.25, 0.3) is 0 Å². The van der Waals surface area contributed by atoms with Crippen LogP contribution in [0.2, 0.25) is 0 Å². The lowest BCUT2D eigenvalue weighted by atomic mass is 10.3. The molecule has 0 saturated heterocycles. The molecular formula is C9H15N3S. The molecule has 1 heterocycles. The standard InChI is InChI=1S/C9H15N3S/c1-2-7-8(13-9(10)12-7)5-11-6-3-4-6/h6,11H,2-5H2,1H3,(H2,10,12). The second-order valence-corrected chi connectivity index (χ2v) is 4.55. The third-order valence-corrected chi connectivity index (χ3v) is 3.19. The molecule has 1 aliphatic carbocycles. The van der Waals surface area contributed by atoms with Crippen molar-refractivity contribution in [1.29, 1.82) is 0 Å². The SMILES string of the molecule is CCc1nc(N)sc1CNC1CC1. The van der Waals surface area contributed by atoms with E-state index < -0.39 is 0 Å². The van der Waals surface area contributed by atoms with Crippen LogP contribution in [0.25, 0.3) is 0 Å². The molecule has 0 amide bonds. The monoisotopic (exact) mass is 197 g/mol. The number of aryl methyl sites for hydroxylation is 1.